The van der Waals surface area contributed by atoms with E-state index in [9.17, 15) is 4.79 Å². The summed E-state index contributed by atoms with van der Waals surface area (Å²) in [5.74, 6) is 7.02. The van der Waals surface area contributed by atoms with Crippen molar-refractivity contribution in [2.24, 2.45) is 5.84 Å². The lowest BCUT2D eigenvalue weighted by Crippen LogP contribution is -2.33. The number of likely N-dealkylation sites (N-methyl/N-ethyl adjacent to an activating group) is 1. The van der Waals surface area contributed by atoms with Crippen molar-refractivity contribution in [2.75, 3.05) is 28.3 Å². The Bertz CT molecular complexity index is 789. The zero-order valence-corrected chi connectivity index (χ0v) is 15.3. The van der Waals surface area contributed by atoms with E-state index in [2.05, 4.69) is 5.32 Å². The number of ether oxygens (including phenoxy) is 3. The van der Waals surface area contributed by atoms with Gasteiger partial charge in [0.25, 0.3) is 0 Å². The van der Waals surface area contributed by atoms with E-state index in [0.717, 1.165) is 0 Å². The summed E-state index contributed by atoms with van der Waals surface area (Å²) >= 11 is 0. The highest BCUT2D eigenvalue weighted by atomic mass is 16.5. The molecule has 0 aliphatic carbocycles. The zero-order chi connectivity index (χ0) is 19.1. The van der Waals surface area contributed by atoms with E-state index in [1.54, 1.807) is 39.4 Å². The molecule has 0 amide bonds. The molecule has 0 heterocycles. The van der Waals surface area contributed by atoms with Crippen LogP contribution < -0.4 is 20.6 Å². The van der Waals surface area contributed by atoms with Gasteiger partial charge in [0, 0.05) is 19.7 Å². The van der Waals surface area contributed by atoms with Gasteiger partial charge in [0.05, 0.1) is 19.9 Å². The molecule has 0 aliphatic heterocycles. The van der Waals surface area contributed by atoms with Crippen LogP contribution in [0.3, 0.4) is 0 Å². The average Bonchev–Trinajstić information content (AvgIpc) is 2.66. The Morgan fingerprint density at radius 3 is 2.31 bits per heavy atom. The van der Waals surface area contributed by atoms with Crippen LogP contribution >= 0.6 is 0 Å². The number of nitrogens with one attached hydrogen (secondary N) is 1. The van der Waals surface area contributed by atoms with Crippen LogP contribution in [-0.2, 0) is 9.53 Å². The van der Waals surface area contributed by atoms with Gasteiger partial charge in [-0.05, 0) is 30.3 Å². The largest absolute Gasteiger partial charge is 0.493 e. The molecule has 2 aromatic carbocycles. The maximum atomic E-state index is 12.1. The van der Waals surface area contributed by atoms with Crippen molar-refractivity contribution in [3.8, 4) is 17.2 Å². The summed E-state index contributed by atoms with van der Waals surface area (Å²) in [6, 6.07) is 14.7. The van der Waals surface area contributed by atoms with Crippen LogP contribution in [0.4, 0.5) is 0 Å². The fourth-order valence-electron chi connectivity index (χ4n) is 2.44. The number of para-hydroxylation sites is 1. The van der Waals surface area contributed by atoms with E-state index >= 15 is 0 Å². The Kier molecular flexibility index (Phi) is 6.46. The molecule has 0 atom stereocenters. The maximum absolute atomic E-state index is 12.1. The van der Waals surface area contributed by atoms with Crippen LogP contribution in [0, 0.1) is 0 Å². The van der Waals surface area contributed by atoms with Crippen molar-refractivity contribution in [1.82, 2.24) is 10.3 Å². The molecule has 0 saturated heterocycles. The van der Waals surface area contributed by atoms with Gasteiger partial charge in [-0.15, -0.1) is 0 Å². The van der Waals surface area contributed by atoms with Crippen molar-refractivity contribution in [2.45, 2.75) is 0 Å². The van der Waals surface area contributed by atoms with Crippen LogP contribution in [0.15, 0.2) is 54.2 Å². The standard InChI is InChI=1S/C19H23N3O4/c1-21-17(18(22(2)20)19(23)25-4)13-10-11-15(16(12-13)24-3)26-14-8-6-5-7-9-14/h5-12,21H,20H2,1-4H3/b18-17-. The van der Waals surface area contributed by atoms with Crippen LogP contribution in [0.5, 0.6) is 17.2 Å². The maximum Gasteiger partial charge on any atom is 0.357 e. The summed E-state index contributed by atoms with van der Waals surface area (Å²) in [5.41, 5.74) is 1.39. The Morgan fingerprint density at radius 1 is 1.08 bits per heavy atom. The molecule has 0 bridgehead atoms. The van der Waals surface area contributed by atoms with Gasteiger partial charge < -0.3 is 24.5 Å². The Hall–Kier alpha value is -3.19. The van der Waals surface area contributed by atoms with Crippen LogP contribution in [-0.4, -0.2) is 39.3 Å². The van der Waals surface area contributed by atoms with E-state index in [1.165, 1.54) is 12.1 Å². The predicted molar refractivity (Wildman–Crippen MR) is 99.5 cm³/mol. The van der Waals surface area contributed by atoms with Crippen LogP contribution in [0.2, 0.25) is 0 Å². The molecular weight excluding hydrogens is 334 g/mol. The molecular formula is C19H23N3O4. The molecule has 0 aliphatic rings. The van der Waals surface area contributed by atoms with Gasteiger partial charge >= 0.3 is 5.97 Å². The number of carbonyl (C=O) groups excluding carboxylic acids is 1. The molecule has 2 rings (SSSR count). The molecule has 3 N–H and O–H groups in total. The van der Waals surface area contributed by atoms with Crippen molar-refractivity contribution < 1.29 is 19.0 Å². The first-order valence-corrected chi connectivity index (χ1v) is 7.91. The monoisotopic (exact) mass is 357 g/mol. The quantitative estimate of drug-likeness (QED) is 0.340. The lowest BCUT2D eigenvalue weighted by Gasteiger charge is -2.20. The van der Waals surface area contributed by atoms with Gasteiger partial charge in [-0.25, -0.2) is 10.6 Å². The van der Waals surface area contributed by atoms with Gasteiger partial charge in [0.15, 0.2) is 17.2 Å². The third-order valence-electron chi connectivity index (χ3n) is 3.64. The smallest absolute Gasteiger partial charge is 0.357 e. The number of esters is 1. The number of hydrogen-bond acceptors (Lipinski definition) is 7. The Labute approximate surface area is 152 Å². The molecule has 0 unspecified atom stereocenters. The third kappa shape index (κ3) is 4.25. The van der Waals surface area contributed by atoms with Gasteiger partial charge in [0.1, 0.15) is 5.75 Å². The molecule has 138 valence electrons. The summed E-state index contributed by atoms with van der Waals surface area (Å²) in [5, 5.41) is 4.20. The number of benzene rings is 2. The average molecular weight is 357 g/mol. The predicted octanol–water partition coefficient (Wildman–Crippen LogP) is 2.35. The van der Waals surface area contributed by atoms with Gasteiger partial charge in [0.2, 0.25) is 0 Å². The van der Waals surface area contributed by atoms with Crippen molar-refractivity contribution in [1.29, 1.82) is 0 Å². The number of hydrogen-bond donors (Lipinski definition) is 2. The molecule has 0 radical (unpaired) electrons. The first-order chi connectivity index (χ1) is 12.5. The summed E-state index contributed by atoms with van der Waals surface area (Å²) in [6.07, 6.45) is 0. The zero-order valence-electron chi connectivity index (χ0n) is 15.3. The first kappa shape index (κ1) is 19.1. The van der Waals surface area contributed by atoms with E-state index < -0.39 is 5.97 Å². The molecule has 2 aromatic rings. The van der Waals surface area contributed by atoms with E-state index in [4.69, 9.17) is 20.1 Å². The lowest BCUT2D eigenvalue weighted by molar-refractivity contribution is -0.137. The summed E-state index contributed by atoms with van der Waals surface area (Å²) in [4.78, 5) is 12.1. The fraction of sp³-hybridized carbons (Fsp3) is 0.211. The molecule has 7 heteroatoms. The Balaban J connectivity index is 2.48. The highest BCUT2D eigenvalue weighted by molar-refractivity contribution is 5.96. The van der Waals surface area contributed by atoms with Gasteiger partial charge in [-0.1, -0.05) is 18.2 Å². The second-order valence-electron chi connectivity index (χ2n) is 5.36. The third-order valence-corrected chi connectivity index (χ3v) is 3.64. The van der Waals surface area contributed by atoms with Crippen molar-refractivity contribution >= 4 is 11.7 Å². The summed E-state index contributed by atoms with van der Waals surface area (Å²) in [7, 11) is 6.11. The second kappa shape index (κ2) is 8.77. The highest BCUT2D eigenvalue weighted by Gasteiger charge is 2.21. The minimum atomic E-state index is -0.553. The molecule has 26 heavy (non-hydrogen) atoms. The topological polar surface area (TPSA) is 86.1 Å². The lowest BCUT2D eigenvalue weighted by atomic mass is 10.1. The molecule has 0 spiro atoms. The van der Waals surface area contributed by atoms with Crippen molar-refractivity contribution in [3.63, 3.8) is 0 Å². The molecule has 0 saturated carbocycles. The van der Waals surface area contributed by atoms with Crippen LogP contribution in [0.25, 0.3) is 5.70 Å². The summed E-state index contributed by atoms with van der Waals surface area (Å²) < 4.78 is 16.1. The number of carbonyl (C=O) groups is 1. The number of hydrazine groups is 1. The molecule has 0 aromatic heterocycles. The van der Waals surface area contributed by atoms with Gasteiger partial charge in [-0.2, -0.15) is 0 Å². The van der Waals surface area contributed by atoms with E-state index in [1.807, 2.05) is 30.3 Å². The van der Waals surface area contributed by atoms with E-state index in [0.29, 0.717) is 28.5 Å². The highest BCUT2D eigenvalue weighted by Crippen LogP contribution is 2.34. The van der Waals surface area contributed by atoms with E-state index in [-0.39, 0.29) is 5.70 Å². The number of nitrogens with two attached hydrogens (primary N) is 1. The Morgan fingerprint density at radius 2 is 1.77 bits per heavy atom. The van der Waals surface area contributed by atoms with Gasteiger partial charge in [-0.3, -0.25) is 0 Å². The minimum absolute atomic E-state index is 0.189. The number of rotatable bonds is 7. The second-order valence-corrected chi connectivity index (χ2v) is 5.36. The SMILES string of the molecule is CN/C(=C(/C(=O)OC)N(C)N)c1ccc(Oc2ccccc2)c(OC)c1. The number of nitrogens with zero attached hydrogens (tertiary/aromatic N) is 1. The minimum Gasteiger partial charge on any atom is -0.493 e. The molecule has 7 nitrogen and oxygen atoms in total. The van der Waals surface area contributed by atoms with Crippen molar-refractivity contribution in [3.05, 3.63) is 59.8 Å². The fourth-order valence-corrected chi connectivity index (χ4v) is 2.44. The summed E-state index contributed by atoms with van der Waals surface area (Å²) in [6.45, 7) is 0. The van der Waals surface area contributed by atoms with Crippen LogP contribution in [0.1, 0.15) is 5.56 Å². The first-order valence-electron chi connectivity index (χ1n) is 7.91. The molecule has 0 fully saturated rings. The normalized spacial score (nSPS) is 11.3. The number of methoxy groups -OCH3 is 2.